The third-order valence-corrected chi connectivity index (χ3v) is 2.38. The van der Waals surface area contributed by atoms with Gasteiger partial charge in [0.15, 0.2) is 0 Å². The SMILES string of the molecule is CCc1cc(C(N)C=C(C)C)n(CC)n1. The highest BCUT2D eigenvalue weighted by atomic mass is 15.3. The molecule has 0 aliphatic rings. The lowest BCUT2D eigenvalue weighted by atomic mass is 10.1. The Hall–Kier alpha value is -1.09. The highest BCUT2D eigenvalue weighted by Crippen LogP contribution is 2.15. The van der Waals surface area contributed by atoms with E-state index in [9.17, 15) is 0 Å². The fourth-order valence-corrected chi connectivity index (χ4v) is 1.63. The molecule has 0 aliphatic carbocycles. The molecular weight excluding hydrogens is 186 g/mol. The number of rotatable bonds is 4. The Morgan fingerprint density at radius 2 is 2.20 bits per heavy atom. The molecule has 0 amide bonds. The van der Waals surface area contributed by atoms with Gasteiger partial charge in [0.25, 0.3) is 0 Å². The smallest absolute Gasteiger partial charge is 0.0655 e. The minimum absolute atomic E-state index is 0.0391. The minimum atomic E-state index is -0.0391. The monoisotopic (exact) mass is 207 g/mol. The fourth-order valence-electron chi connectivity index (χ4n) is 1.63. The summed E-state index contributed by atoms with van der Waals surface area (Å²) >= 11 is 0. The van der Waals surface area contributed by atoms with Gasteiger partial charge in [-0.25, -0.2) is 0 Å². The highest BCUT2D eigenvalue weighted by molar-refractivity contribution is 5.19. The topological polar surface area (TPSA) is 43.8 Å². The number of allylic oxidation sites excluding steroid dienone is 1. The summed E-state index contributed by atoms with van der Waals surface area (Å²) in [5.41, 5.74) is 9.57. The molecule has 1 atom stereocenters. The van der Waals surface area contributed by atoms with Gasteiger partial charge >= 0.3 is 0 Å². The van der Waals surface area contributed by atoms with Crippen molar-refractivity contribution in [1.82, 2.24) is 9.78 Å². The lowest BCUT2D eigenvalue weighted by Crippen LogP contribution is -2.14. The molecule has 2 N–H and O–H groups in total. The lowest BCUT2D eigenvalue weighted by Gasteiger charge is -2.09. The summed E-state index contributed by atoms with van der Waals surface area (Å²) in [7, 11) is 0. The summed E-state index contributed by atoms with van der Waals surface area (Å²) in [4.78, 5) is 0. The summed E-state index contributed by atoms with van der Waals surface area (Å²) in [5, 5.41) is 4.48. The van der Waals surface area contributed by atoms with E-state index in [1.54, 1.807) is 0 Å². The van der Waals surface area contributed by atoms with Gasteiger partial charge in [0.05, 0.1) is 17.4 Å². The van der Waals surface area contributed by atoms with Crippen LogP contribution in [0.25, 0.3) is 0 Å². The predicted octanol–water partition coefficient (Wildman–Crippen LogP) is 2.43. The Morgan fingerprint density at radius 3 is 2.67 bits per heavy atom. The standard InChI is InChI=1S/C12H21N3/c1-5-10-8-12(15(6-2)14-10)11(13)7-9(3)4/h7-8,11H,5-6,13H2,1-4H3. The maximum absolute atomic E-state index is 6.10. The summed E-state index contributed by atoms with van der Waals surface area (Å²) in [6.45, 7) is 9.20. The summed E-state index contributed by atoms with van der Waals surface area (Å²) in [6, 6.07) is 2.07. The predicted molar refractivity (Wildman–Crippen MR) is 63.6 cm³/mol. The number of aromatic nitrogens is 2. The molecule has 1 aromatic heterocycles. The second-order valence-corrected chi connectivity index (χ2v) is 4.00. The van der Waals surface area contributed by atoms with Gasteiger partial charge in [-0.2, -0.15) is 5.10 Å². The van der Waals surface area contributed by atoms with Crippen LogP contribution >= 0.6 is 0 Å². The fraction of sp³-hybridized carbons (Fsp3) is 0.583. The van der Waals surface area contributed by atoms with Gasteiger partial charge in [-0.15, -0.1) is 0 Å². The van der Waals surface area contributed by atoms with Crippen LogP contribution in [0.3, 0.4) is 0 Å². The summed E-state index contributed by atoms with van der Waals surface area (Å²) in [5.74, 6) is 0. The van der Waals surface area contributed by atoms with Crippen molar-refractivity contribution in [1.29, 1.82) is 0 Å². The van der Waals surface area contributed by atoms with Gasteiger partial charge in [0.2, 0.25) is 0 Å². The van der Waals surface area contributed by atoms with Crippen LogP contribution in [-0.2, 0) is 13.0 Å². The van der Waals surface area contributed by atoms with Crippen LogP contribution in [0.1, 0.15) is 45.1 Å². The van der Waals surface area contributed by atoms with E-state index in [1.807, 2.05) is 4.68 Å². The number of nitrogens with two attached hydrogens (primary N) is 1. The van der Waals surface area contributed by atoms with Gasteiger partial charge in [-0.05, 0) is 33.3 Å². The van der Waals surface area contributed by atoms with Gasteiger partial charge in [0.1, 0.15) is 0 Å². The van der Waals surface area contributed by atoms with Crippen molar-refractivity contribution in [2.75, 3.05) is 0 Å². The summed E-state index contributed by atoms with van der Waals surface area (Å²) in [6.07, 6.45) is 3.03. The Labute approximate surface area is 92.0 Å². The number of hydrogen-bond donors (Lipinski definition) is 1. The minimum Gasteiger partial charge on any atom is -0.319 e. The molecule has 0 bridgehead atoms. The first-order valence-corrected chi connectivity index (χ1v) is 5.55. The van der Waals surface area contributed by atoms with E-state index in [2.05, 4.69) is 44.9 Å². The van der Waals surface area contributed by atoms with E-state index in [0.717, 1.165) is 24.4 Å². The molecule has 3 heteroatoms. The molecule has 0 fully saturated rings. The van der Waals surface area contributed by atoms with Crippen molar-refractivity contribution in [3.63, 3.8) is 0 Å². The molecule has 1 unspecified atom stereocenters. The number of hydrogen-bond acceptors (Lipinski definition) is 2. The van der Waals surface area contributed by atoms with Crippen molar-refractivity contribution in [2.45, 2.75) is 46.7 Å². The van der Waals surface area contributed by atoms with Crippen molar-refractivity contribution >= 4 is 0 Å². The zero-order valence-corrected chi connectivity index (χ0v) is 10.1. The van der Waals surface area contributed by atoms with Crippen molar-refractivity contribution in [3.05, 3.63) is 29.1 Å². The van der Waals surface area contributed by atoms with E-state index in [1.165, 1.54) is 5.57 Å². The molecule has 0 saturated carbocycles. The van der Waals surface area contributed by atoms with E-state index in [4.69, 9.17) is 5.73 Å². The molecule has 3 nitrogen and oxygen atoms in total. The first kappa shape index (κ1) is 12.0. The van der Waals surface area contributed by atoms with Crippen LogP contribution in [0.5, 0.6) is 0 Å². The molecule has 1 rings (SSSR count). The largest absolute Gasteiger partial charge is 0.319 e. The molecule has 0 spiro atoms. The van der Waals surface area contributed by atoms with Gasteiger partial charge < -0.3 is 5.73 Å². The second kappa shape index (κ2) is 5.12. The number of aryl methyl sites for hydroxylation is 2. The molecule has 15 heavy (non-hydrogen) atoms. The third-order valence-electron chi connectivity index (χ3n) is 2.38. The molecule has 0 radical (unpaired) electrons. The van der Waals surface area contributed by atoms with Crippen LogP contribution in [0.4, 0.5) is 0 Å². The summed E-state index contributed by atoms with van der Waals surface area (Å²) < 4.78 is 1.99. The van der Waals surface area contributed by atoms with Gasteiger partial charge in [0, 0.05) is 6.54 Å². The first-order valence-electron chi connectivity index (χ1n) is 5.55. The van der Waals surface area contributed by atoms with E-state index >= 15 is 0 Å². The molecular formula is C12H21N3. The number of nitrogens with zero attached hydrogens (tertiary/aromatic N) is 2. The lowest BCUT2D eigenvalue weighted by molar-refractivity contribution is 0.598. The van der Waals surface area contributed by atoms with Crippen molar-refractivity contribution in [2.24, 2.45) is 5.73 Å². The van der Waals surface area contributed by atoms with Crippen molar-refractivity contribution in [3.8, 4) is 0 Å². The zero-order chi connectivity index (χ0) is 11.4. The molecule has 0 aromatic carbocycles. The Morgan fingerprint density at radius 1 is 1.53 bits per heavy atom. The Kier molecular flexibility index (Phi) is 4.09. The molecule has 0 saturated heterocycles. The van der Waals surface area contributed by atoms with Crippen molar-refractivity contribution < 1.29 is 0 Å². The quantitative estimate of drug-likeness (QED) is 0.771. The van der Waals surface area contributed by atoms with E-state index in [-0.39, 0.29) is 6.04 Å². The second-order valence-electron chi connectivity index (χ2n) is 4.00. The first-order chi connectivity index (χ1) is 7.08. The van der Waals surface area contributed by atoms with Crippen LogP contribution in [0.2, 0.25) is 0 Å². The highest BCUT2D eigenvalue weighted by Gasteiger charge is 2.10. The van der Waals surface area contributed by atoms with Crippen LogP contribution in [-0.4, -0.2) is 9.78 Å². The van der Waals surface area contributed by atoms with E-state index < -0.39 is 0 Å². The molecule has 1 aromatic rings. The Balaban J connectivity index is 3.01. The maximum atomic E-state index is 6.10. The van der Waals surface area contributed by atoms with Crippen LogP contribution < -0.4 is 5.73 Å². The maximum Gasteiger partial charge on any atom is 0.0655 e. The average Bonchev–Trinajstić information content (AvgIpc) is 2.59. The average molecular weight is 207 g/mol. The Bertz CT molecular complexity index is 346. The zero-order valence-electron chi connectivity index (χ0n) is 10.1. The molecule has 0 aliphatic heterocycles. The third kappa shape index (κ3) is 2.93. The van der Waals surface area contributed by atoms with E-state index in [0.29, 0.717) is 0 Å². The normalized spacial score (nSPS) is 12.6. The molecule has 1 heterocycles. The van der Waals surface area contributed by atoms with Crippen LogP contribution in [0, 0.1) is 0 Å². The van der Waals surface area contributed by atoms with Gasteiger partial charge in [-0.3, -0.25) is 4.68 Å². The van der Waals surface area contributed by atoms with Crippen LogP contribution in [0.15, 0.2) is 17.7 Å². The molecule has 84 valence electrons. The van der Waals surface area contributed by atoms with Gasteiger partial charge in [-0.1, -0.05) is 18.6 Å².